The summed E-state index contributed by atoms with van der Waals surface area (Å²) in [5.74, 6) is 0.430. The Morgan fingerprint density at radius 3 is 2.55 bits per heavy atom. The summed E-state index contributed by atoms with van der Waals surface area (Å²) >= 11 is 0. The van der Waals surface area contributed by atoms with Crippen LogP contribution in [0.15, 0.2) is 30.3 Å². The predicted molar refractivity (Wildman–Crippen MR) is 87.0 cm³/mol. The van der Waals surface area contributed by atoms with Crippen LogP contribution in [0.5, 0.6) is 0 Å². The summed E-state index contributed by atoms with van der Waals surface area (Å²) in [5, 5.41) is 2.94. The molecule has 0 heterocycles. The molecule has 1 saturated carbocycles. The minimum atomic E-state index is -0.132. The van der Waals surface area contributed by atoms with E-state index in [1.807, 2.05) is 30.3 Å². The van der Waals surface area contributed by atoms with Gasteiger partial charge in [-0.2, -0.15) is 0 Å². The maximum Gasteiger partial charge on any atom is 0.226 e. The Labute approximate surface area is 132 Å². The molecule has 0 aromatic heterocycles. The van der Waals surface area contributed by atoms with Crippen LogP contribution in [0, 0.1) is 17.8 Å². The van der Waals surface area contributed by atoms with Gasteiger partial charge >= 0.3 is 0 Å². The van der Waals surface area contributed by atoms with E-state index in [-0.39, 0.29) is 23.7 Å². The number of nitrogens with zero attached hydrogens (tertiary/aromatic N) is 1. The second-order valence-corrected chi connectivity index (χ2v) is 6.60. The van der Waals surface area contributed by atoms with Crippen molar-refractivity contribution in [2.45, 2.75) is 33.2 Å². The second-order valence-electron chi connectivity index (χ2n) is 6.60. The van der Waals surface area contributed by atoms with Gasteiger partial charge in [-0.15, -0.1) is 0 Å². The molecule has 1 N–H and O–H groups in total. The molecule has 0 saturated heterocycles. The summed E-state index contributed by atoms with van der Waals surface area (Å²) in [4.78, 5) is 26.1. The summed E-state index contributed by atoms with van der Waals surface area (Å²) in [6.07, 6.45) is 1.66. The predicted octanol–water partition coefficient (Wildman–Crippen LogP) is 2.44. The van der Waals surface area contributed by atoms with Crippen LogP contribution in [0.2, 0.25) is 0 Å². The van der Waals surface area contributed by atoms with Crippen molar-refractivity contribution in [3.05, 3.63) is 35.9 Å². The average Bonchev–Trinajstić information content (AvgIpc) is 3.27. The molecule has 4 nitrogen and oxygen atoms in total. The third kappa shape index (κ3) is 4.58. The Bertz CT molecular complexity index is 513. The van der Waals surface area contributed by atoms with E-state index in [9.17, 15) is 9.59 Å². The molecule has 4 heteroatoms. The molecule has 1 aromatic rings. The highest BCUT2D eigenvalue weighted by Crippen LogP contribution is 2.40. The zero-order valence-electron chi connectivity index (χ0n) is 13.7. The largest absolute Gasteiger partial charge is 0.356 e. The first-order chi connectivity index (χ1) is 10.5. The van der Waals surface area contributed by atoms with Crippen molar-refractivity contribution < 1.29 is 9.59 Å². The quantitative estimate of drug-likeness (QED) is 0.841. The molecular weight excluding hydrogens is 276 g/mol. The van der Waals surface area contributed by atoms with Crippen molar-refractivity contribution in [1.29, 1.82) is 0 Å². The zero-order chi connectivity index (χ0) is 16.1. The van der Waals surface area contributed by atoms with Crippen LogP contribution in [0.4, 0.5) is 0 Å². The van der Waals surface area contributed by atoms with Crippen LogP contribution in [-0.4, -0.2) is 30.3 Å². The first kappa shape index (κ1) is 16.5. The molecule has 0 bridgehead atoms. The van der Waals surface area contributed by atoms with Crippen molar-refractivity contribution in [1.82, 2.24) is 10.2 Å². The van der Waals surface area contributed by atoms with E-state index in [0.29, 0.717) is 25.4 Å². The molecule has 22 heavy (non-hydrogen) atoms. The minimum Gasteiger partial charge on any atom is -0.356 e. The van der Waals surface area contributed by atoms with Gasteiger partial charge in [-0.25, -0.2) is 0 Å². The van der Waals surface area contributed by atoms with Crippen LogP contribution in [0.1, 0.15) is 32.3 Å². The molecule has 120 valence electrons. The normalized spacial score (nSPS) is 19.8. The molecule has 2 amide bonds. The fraction of sp³-hybridized carbons (Fsp3) is 0.556. The lowest BCUT2D eigenvalue weighted by atomic mass is 10.1. The highest BCUT2D eigenvalue weighted by atomic mass is 16.2. The smallest absolute Gasteiger partial charge is 0.226 e. The molecule has 1 fully saturated rings. The molecule has 0 spiro atoms. The molecule has 0 radical (unpaired) electrons. The molecule has 1 aliphatic carbocycles. The van der Waals surface area contributed by atoms with E-state index in [4.69, 9.17) is 0 Å². The fourth-order valence-corrected chi connectivity index (χ4v) is 2.59. The molecule has 2 unspecified atom stereocenters. The van der Waals surface area contributed by atoms with Crippen LogP contribution < -0.4 is 5.32 Å². The van der Waals surface area contributed by atoms with Gasteiger partial charge < -0.3 is 10.2 Å². The van der Waals surface area contributed by atoms with Gasteiger partial charge in [0.05, 0.1) is 11.8 Å². The van der Waals surface area contributed by atoms with Gasteiger partial charge in [0.25, 0.3) is 0 Å². The van der Waals surface area contributed by atoms with Gasteiger partial charge in [0, 0.05) is 20.1 Å². The van der Waals surface area contributed by atoms with Gasteiger partial charge in [-0.05, 0) is 24.3 Å². The minimum absolute atomic E-state index is 0.0344. The van der Waals surface area contributed by atoms with E-state index in [2.05, 4.69) is 19.2 Å². The number of hydrogen-bond acceptors (Lipinski definition) is 2. The van der Waals surface area contributed by atoms with Crippen molar-refractivity contribution in [3.63, 3.8) is 0 Å². The van der Waals surface area contributed by atoms with Gasteiger partial charge in [-0.1, -0.05) is 44.2 Å². The monoisotopic (exact) mass is 302 g/mol. The van der Waals surface area contributed by atoms with Crippen molar-refractivity contribution >= 4 is 11.8 Å². The maximum atomic E-state index is 12.4. The van der Waals surface area contributed by atoms with E-state index in [0.717, 1.165) is 12.0 Å². The van der Waals surface area contributed by atoms with Crippen molar-refractivity contribution in [2.24, 2.45) is 17.8 Å². The van der Waals surface area contributed by atoms with Crippen LogP contribution in [0.3, 0.4) is 0 Å². The highest BCUT2D eigenvalue weighted by molar-refractivity contribution is 5.92. The Kier molecular flexibility index (Phi) is 5.58. The summed E-state index contributed by atoms with van der Waals surface area (Å²) in [6.45, 7) is 5.56. The maximum absolute atomic E-state index is 12.4. The lowest BCUT2D eigenvalue weighted by molar-refractivity contribution is -0.134. The van der Waals surface area contributed by atoms with E-state index in [1.165, 1.54) is 0 Å². The van der Waals surface area contributed by atoms with E-state index >= 15 is 0 Å². The highest BCUT2D eigenvalue weighted by Gasteiger charge is 2.48. The summed E-state index contributed by atoms with van der Waals surface area (Å²) in [7, 11) is 1.81. The summed E-state index contributed by atoms with van der Waals surface area (Å²) in [6, 6.07) is 9.91. The van der Waals surface area contributed by atoms with Gasteiger partial charge in [0.1, 0.15) is 0 Å². The average molecular weight is 302 g/mol. The molecule has 1 aromatic carbocycles. The standard InChI is InChI=1S/C18H26N2O2/c1-13(2)9-10-19-17(21)15-11-16(15)18(22)20(3)12-14-7-5-4-6-8-14/h4-8,13,15-16H,9-12H2,1-3H3,(H,19,21). The SMILES string of the molecule is CC(C)CCNC(=O)C1CC1C(=O)N(C)Cc1ccccc1. The van der Waals surface area contributed by atoms with Gasteiger partial charge in [0.15, 0.2) is 0 Å². The van der Waals surface area contributed by atoms with Crippen LogP contribution in [-0.2, 0) is 16.1 Å². The Balaban J connectivity index is 1.76. The van der Waals surface area contributed by atoms with Gasteiger partial charge in [0.2, 0.25) is 11.8 Å². The van der Waals surface area contributed by atoms with Crippen LogP contribution in [0.25, 0.3) is 0 Å². The number of amides is 2. The zero-order valence-corrected chi connectivity index (χ0v) is 13.7. The lowest BCUT2D eigenvalue weighted by Crippen LogP contribution is -2.32. The first-order valence-corrected chi connectivity index (χ1v) is 8.05. The number of rotatable bonds is 7. The molecule has 2 rings (SSSR count). The Hall–Kier alpha value is -1.84. The number of hydrogen-bond donors (Lipinski definition) is 1. The molecular formula is C18H26N2O2. The molecule has 1 aliphatic rings. The van der Waals surface area contributed by atoms with Crippen molar-refractivity contribution in [2.75, 3.05) is 13.6 Å². The number of benzene rings is 1. The van der Waals surface area contributed by atoms with E-state index < -0.39 is 0 Å². The lowest BCUT2D eigenvalue weighted by Gasteiger charge is -2.17. The van der Waals surface area contributed by atoms with Crippen molar-refractivity contribution in [3.8, 4) is 0 Å². The molecule has 0 aliphatic heterocycles. The fourth-order valence-electron chi connectivity index (χ4n) is 2.59. The van der Waals surface area contributed by atoms with E-state index in [1.54, 1.807) is 11.9 Å². The number of carbonyl (C=O) groups excluding carboxylic acids is 2. The topological polar surface area (TPSA) is 49.4 Å². The van der Waals surface area contributed by atoms with Crippen LogP contribution >= 0.6 is 0 Å². The molecule has 2 atom stereocenters. The number of nitrogens with one attached hydrogen (secondary N) is 1. The summed E-state index contributed by atoms with van der Waals surface area (Å²) < 4.78 is 0. The third-order valence-electron chi connectivity index (χ3n) is 4.10. The Morgan fingerprint density at radius 1 is 1.23 bits per heavy atom. The number of carbonyl (C=O) groups is 2. The summed E-state index contributed by atoms with van der Waals surface area (Å²) in [5.41, 5.74) is 1.11. The first-order valence-electron chi connectivity index (χ1n) is 8.05. The van der Waals surface area contributed by atoms with Gasteiger partial charge in [-0.3, -0.25) is 9.59 Å². The second kappa shape index (κ2) is 7.43. The Morgan fingerprint density at radius 2 is 1.91 bits per heavy atom. The third-order valence-corrected chi connectivity index (χ3v) is 4.10.